The van der Waals surface area contributed by atoms with E-state index in [1.165, 1.54) is 16.5 Å². The SMILES string of the molecule is C[NH+](C)Cc1cccc(-c2n[nH]c3ccc(C(=O)[O-])cc23)c1. The molecule has 3 rings (SSSR count). The third kappa shape index (κ3) is 2.71. The van der Waals surface area contributed by atoms with Gasteiger partial charge in [-0.2, -0.15) is 5.10 Å². The Morgan fingerprint density at radius 2 is 2.05 bits per heavy atom. The Balaban J connectivity index is 2.09. The number of rotatable bonds is 4. The maximum Gasteiger partial charge on any atom is 0.102 e. The molecule has 0 aliphatic rings. The van der Waals surface area contributed by atoms with E-state index in [4.69, 9.17) is 0 Å². The second-order valence-corrected chi connectivity index (χ2v) is 5.70. The molecule has 2 N–H and O–H groups in total. The normalized spacial score (nSPS) is 11.2. The molecule has 5 nitrogen and oxygen atoms in total. The molecule has 0 spiro atoms. The molecule has 112 valence electrons. The number of quaternary nitrogens is 1. The Bertz CT molecular complexity index is 837. The van der Waals surface area contributed by atoms with Crippen LogP contribution in [0, 0.1) is 0 Å². The summed E-state index contributed by atoms with van der Waals surface area (Å²) in [5.41, 5.74) is 3.91. The largest absolute Gasteiger partial charge is 0.545 e. The number of hydrogen-bond donors (Lipinski definition) is 2. The summed E-state index contributed by atoms with van der Waals surface area (Å²) in [4.78, 5) is 12.4. The third-order valence-electron chi connectivity index (χ3n) is 3.56. The van der Waals surface area contributed by atoms with E-state index in [0.717, 1.165) is 28.7 Å². The van der Waals surface area contributed by atoms with Gasteiger partial charge in [-0.15, -0.1) is 0 Å². The van der Waals surface area contributed by atoms with Crippen molar-refractivity contribution in [3.8, 4) is 11.3 Å². The fraction of sp³-hybridized carbons (Fsp3) is 0.176. The van der Waals surface area contributed by atoms with Crippen LogP contribution in [0.1, 0.15) is 15.9 Å². The fourth-order valence-electron chi connectivity index (χ4n) is 2.60. The molecular formula is C17H17N3O2. The molecule has 0 aliphatic carbocycles. The second-order valence-electron chi connectivity index (χ2n) is 5.70. The summed E-state index contributed by atoms with van der Waals surface area (Å²) in [6.45, 7) is 0.917. The van der Waals surface area contributed by atoms with E-state index in [0.29, 0.717) is 0 Å². The minimum Gasteiger partial charge on any atom is -0.545 e. The van der Waals surface area contributed by atoms with Gasteiger partial charge in [0.1, 0.15) is 6.54 Å². The zero-order valence-electron chi connectivity index (χ0n) is 12.5. The zero-order chi connectivity index (χ0) is 15.7. The van der Waals surface area contributed by atoms with Crippen molar-refractivity contribution in [1.82, 2.24) is 10.2 Å². The predicted molar refractivity (Wildman–Crippen MR) is 82.4 cm³/mol. The average Bonchev–Trinajstić information content (AvgIpc) is 2.89. The van der Waals surface area contributed by atoms with Gasteiger partial charge >= 0.3 is 0 Å². The van der Waals surface area contributed by atoms with Crippen LogP contribution >= 0.6 is 0 Å². The van der Waals surface area contributed by atoms with Crippen LogP contribution in [0.4, 0.5) is 0 Å². The Labute approximate surface area is 128 Å². The van der Waals surface area contributed by atoms with Crippen molar-refractivity contribution in [3.05, 3.63) is 53.6 Å². The number of fused-ring (bicyclic) bond motifs is 1. The monoisotopic (exact) mass is 295 g/mol. The van der Waals surface area contributed by atoms with Gasteiger partial charge in [-0.05, 0) is 23.8 Å². The molecule has 22 heavy (non-hydrogen) atoms. The quantitative estimate of drug-likeness (QED) is 0.724. The highest BCUT2D eigenvalue weighted by atomic mass is 16.4. The minimum absolute atomic E-state index is 0.157. The van der Waals surface area contributed by atoms with Crippen molar-refractivity contribution < 1.29 is 14.8 Å². The first kappa shape index (κ1) is 14.3. The number of hydrogen-bond acceptors (Lipinski definition) is 3. The lowest BCUT2D eigenvalue weighted by molar-refractivity contribution is -0.872. The maximum absolute atomic E-state index is 11.0. The first-order valence-electron chi connectivity index (χ1n) is 7.12. The van der Waals surface area contributed by atoms with E-state index < -0.39 is 5.97 Å². The Hall–Kier alpha value is -2.66. The van der Waals surface area contributed by atoms with Crippen molar-refractivity contribution in [1.29, 1.82) is 0 Å². The zero-order valence-corrected chi connectivity index (χ0v) is 12.5. The van der Waals surface area contributed by atoms with Crippen molar-refractivity contribution in [2.75, 3.05) is 14.1 Å². The molecule has 1 heterocycles. The number of carboxylic acid groups (broad SMARTS) is 1. The van der Waals surface area contributed by atoms with Crippen LogP contribution < -0.4 is 10.0 Å². The molecule has 0 unspecified atom stereocenters. The standard InChI is InChI=1S/C17H17N3O2/c1-20(2)10-11-4-3-5-12(8-11)16-14-9-13(17(21)22)6-7-15(14)18-19-16/h3-9H,10H2,1-2H3,(H,18,19)(H,21,22). The Morgan fingerprint density at radius 3 is 2.77 bits per heavy atom. The van der Waals surface area contributed by atoms with E-state index in [-0.39, 0.29) is 5.56 Å². The van der Waals surface area contributed by atoms with E-state index in [9.17, 15) is 9.90 Å². The van der Waals surface area contributed by atoms with Crippen LogP contribution in [-0.2, 0) is 6.54 Å². The number of nitrogens with zero attached hydrogens (tertiary/aromatic N) is 1. The molecule has 0 saturated carbocycles. The van der Waals surface area contributed by atoms with Gasteiger partial charge in [0.25, 0.3) is 0 Å². The van der Waals surface area contributed by atoms with Crippen LogP contribution in [-0.4, -0.2) is 30.3 Å². The van der Waals surface area contributed by atoms with Crippen LogP contribution in [0.2, 0.25) is 0 Å². The van der Waals surface area contributed by atoms with Gasteiger partial charge in [0, 0.05) is 16.5 Å². The van der Waals surface area contributed by atoms with Crippen molar-refractivity contribution in [2.45, 2.75) is 6.54 Å². The number of aromatic nitrogens is 2. The Morgan fingerprint density at radius 1 is 1.23 bits per heavy atom. The first-order chi connectivity index (χ1) is 10.5. The first-order valence-corrected chi connectivity index (χ1v) is 7.12. The summed E-state index contributed by atoms with van der Waals surface area (Å²) in [5.74, 6) is -1.18. The number of carbonyl (C=O) groups is 1. The molecule has 1 aromatic heterocycles. The lowest BCUT2D eigenvalue weighted by Crippen LogP contribution is -3.04. The molecule has 5 heteroatoms. The molecule has 0 aliphatic heterocycles. The molecule has 3 aromatic rings. The molecule has 0 bridgehead atoms. The number of aromatic carboxylic acids is 1. The van der Waals surface area contributed by atoms with Gasteiger partial charge in [-0.3, -0.25) is 5.10 Å². The lowest BCUT2D eigenvalue weighted by atomic mass is 10.0. The van der Waals surface area contributed by atoms with Crippen LogP contribution in [0.3, 0.4) is 0 Å². The van der Waals surface area contributed by atoms with Crippen LogP contribution in [0.5, 0.6) is 0 Å². The lowest BCUT2D eigenvalue weighted by Gasteiger charge is -2.08. The highest BCUT2D eigenvalue weighted by molar-refractivity contribution is 5.98. The van der Waals surface area contributed by atoms with E-state index in [1.54, 1.807) is 12.1 Å². The average molecular weight is 295 g/mol. The predicted octanol–water partition coefficient (Wildman–Crippen LogP) is 0.238. The molecule has 0 atom stereocenters. The third-order valence-corrected chi connectivity index (χ3v) is 3.56. The van der Waals surface area contributed by atoms with Crippen LogP contribution in [0.25, 0.3) is 22.2 Å². The summed E-state index contributed by atoms with van der Waals surface area (Å²) in [5, 5.41) is 19.1. The van der Waals surface area contributed by atoms with Gasteiger partial charge in [-0.25, -0.2) is 0 Å². The highest BCUT2D eigenvalue weighted by Gasteiger charge is 2.10. The van der Waals surface area contributed by atoms with Gasteiger partial charge in [-0.1, -0.05) is 24.3 Å². The number of aromatic amines is 1. The molecule has 0 fully saturated rings. The molecule has 0 radical (unpaired) electrons. The second kappa shape index (κ2) is 5.61. The van der Waals surface area contributed by atoms with Gasteiger partial charge in [0.2, 0.25) is 0 Å². The van der Waals surface area contributed by atoms with Crippen molar-refractivity contribution in [3.63, 3.8) is 0 Å². The summed E-state index contributed by atoms with van der Waals surface area (Å²) in [6, 6.07) is 13.0. The van der Waals surface area contributed by atoms with E-state index in [2.05, 4.69) is 36.4 Å². The topological polar surface area (TPSA) is 73.2 Å². The number of nitrogens with one attached hydrogen (secondary N) is 2. The van der Waals surface area contributed by atoms with E-state index >= 15 is 0 Å². The maximum atomic E-state index is 11.0. The molecule has 0 amide bonds. The van der Waals surface area contributed by atoms with Gasteiger partial charge in [0.05, 0.1) is 31.3 Å². The van der Waals surface area contributed by atoms with Crippen molar-refractivity contribution in [2.24, 2.45) is 0 Å². The smallest absolute Gasteiger partial charge is 0.102 e. The highest BCUT2D eigenvalue weighted by Crippen LogP contribution is 2.27. The molecule has 0 saturated heterocycles. The summed E-state index contributed by atoms with van der Waals surface area (Å²) in [6.07, 6.45) is 0. The fourth-order valence-corrected chi connectivity index (χ4v) is 2.60. The van der Waals surface area contributed by atoms with E-state index in [1.807, 2.05) is 12.1 Å². The minimum atomic E-state index is -1.18. The summed E-state index contributed by atoms with van der Waals surface area (Å²) < 4.78 is 0. The van der Waals surface area contributed by atoms with Crippen LogP contribution in [0.15, 0.2) is 42.5 Å². The number of carbonyl (C=O) groups excluding carboxylic acids is 1. The molecular weight excluding hydrogens is 278 g/mol. The summed E-state index contributed by atoms with van der Waals surface area (Å²) >= 11 is 0. The number of benzene rings is 2. The summed E-state index contributed by atoms with van der Waals surface area (Å²) in [7, 11) is 4.20. The number of H-pyrrole nitrogens is 1. The van der Waals surface area contributed by atoms with Crippen molar-refractivity contribution >= 4 is 16.9 Å². The molecule has 2 aromatic carbocycles. The Kier molecular flexibility index (Phi) is 3.65. The van der Waals surface area contributed by atoms with Gasteiger partial charge in [0.15, 0.2) is 0 Å². The number of carboxylic acids is 1. The van der Waals surface area contributed by atoms with Gasteiger partial charge < -0.3 is 14.8 Å².